The lowest BCUT2D eigenvalue weighted by Gasteiger charge is -2.18. The van der Waals surface area contributed by atoms with Crippen LogP contribution in [0.2, 0.25) is 0 Å². The molecule has 0 amide bonds. The summed E-state index contributed by atoms with van der Waals surface area (Å²) in [4.78, 5) is 0. The van der Waals surface area contributed by atoms with E-state index < -0.39 is 0 Å². The number of ether oxygens (including phenoxy) is 1. The minimum Gasteiger partial charge on any atom is -0.426 e. The SMILES string of the molecule is [SiH3]OCCOC(c1ccccc1)c1ccccc1. The van der Waals surface area contributed by atoms with Gasteiger partial charge in [-0.3, -0.25) is 0 Å². The third-order valence-electron chi connectivity index (χ3n) is 2.78. The van der Waals surface area contributed by atoms with Crippen LogP contribution in [-0.4, -0.2) is 23.7 Å². The van der Waals surface area contributed by atoms with Crippen LogP contribution in [0, 0.1) is 0 Å². The zero-order valence-corrected chi connectivity index (χ0v) is 12.6. The van der Waals surface area contributed by atoms with Crippen molar-refractivity contribution in [2.24, 2.45) is 0 Å². The molecule has 0 aromatic heterocycles. The van der Waals surface area contributed by atoms with Gasteiger partial charge in [0.2, 0.25) is 0 Å². The maximum atomic E-state index is 5.95. The molecule has 18 heavy (non-hydrogen) atoms. The van der Waals surface area contributed by atoms with Crippen molar-refractivity contribution < 1.29 is 9.16 Å². The molecule has 0 heterocycles. The summed E-state index contributed by atoms with van der Waals surface area (Å²) in [5.74, 6) is 0. The van der Waals surface area contributed by atoms with E-state index in [-0.39, 0.29) is 6.10 Å². The molecule has 0 fully saturated rings. The molecule has 3 heteroatoms. The van der Waals surface area contributed by atoms with E-state index in [1.54, 1.807) is 0 Å². The minimum atomic E-state index is -0.00998. The molecule has 0 atom stereocenters. The second-order valence-corrected chi connectivity index (χ2v) is 4.64. The number of hydrogen-bond acceptors (Lipinski definition) is 2. The lowest BCUT2D eigenvalue weighted by molar-refractivity contribution is 0.0580. The van der Waals surface area contributed by atoms with Crippen LogP contribution in [0.1, 0.15) is 17.2 Å². The molecule has 2 aromatic rings. The van der Waals surface area contributed by atoms with E-state index in [2.05, 4.69) is 24.3 Å². The molecule has 2 aromatic carbocycles. The standard InChI is InChI=1S/C15H18O2Si/c18-17-12-11-16-15(13-7-3-1-4-8-13)14-9-5-2-6-10-14/h1-10,15H,11-12H2,18H3. The minimum absolute atomic E-state index is 0.00998. The topological polar surface area (TPSA) is 18.5 Å². The van der Waals surface area contributed by atoms with Gasteiger partial charge in [0.15, 0.2) is 0 Å². The van der Waals surface area contributed by atoms with E-state index in [4.69, 9.17) is 9.16 Å². The fraction of sp³-hybridized carbons (Fsp3) is 0.200. The van der Waals surface area contributed by atoms with Gasteiger partial charge >= 0.3 is 0 Å². The van der Waals surface area contributed by atoms with Crippen LogP contribution in [0.25, 0.3) is 0 Å². The monoisotopic (exact) mass is 258 g/mol. The van der Waals surface area contributed by atoms with Crippen LogP contribution in [0.15, 0.2) is 60.7 Å². The van der Waals surface area contributed by atoms with E-state index in [1.807, 2.05) is 36.4 Å². The Hall–Kier alpha value is -1.42. The molecule has 0 aliphatic carbocycles. The Labute approximate surface area is 111 Å². The van der Waals surface area contributed by atoms with E-state index >= 15 is 0 Å². The predicted octanol–water partition coefficient (Wildman–Crippen LogP) is 2.09. The highest BCUT2D eigenvalue weighted by molar-refractivity contribution is 5.97. The third-order valence-corrected chi connectivity index (χ3v) is 3.18. The molecule has 0 bridgehead atoms. The van der Waals surface area contributed by atoms with Crippen molar-refractivity contribution in [3.63, 3.8) is 0 Å². The van der Waals surface area contributed by atoms with Gasteiger partial charge in [-0.25, -0.2) is 0 Å². The first-order valence-corrected chi connectivity index (χ1v) is 6.94. The molecule has 2 rings (SSSR count). The first-order chi connectivity index (χ1) is 8.92. The second kappa shape index (κ2) is 7.11. The van der Waals surface area contributed by atoms with Crippen LogP contribution < -0.4 is 0 Å². The second-order valence-electron chi connectivity index (χ2n) is 4.06. The van der Waals surface area contributed by atoms with Gasteiger partial charge in [-0.2, -0.15) is 0 Å². The lowest BCUT2D eigenvalue weighted by Crippen LogP contribution is -2.10. The number of hydrogen-bond donors (Lipinski definition) is 0. The maximum absolute atomic E-state index is 5.95. The van der Waals surface area contributed by atoms with Crippen molar-refractivity contribution in [3.8, 4) is 0 Å². The van der Waals surface area contributed by atoms with E-state index in [9.17, 15) is 0 Å². The average molecular weight is 258 g/mol. The molecule has 0 N–H and O–H groups in total. The van der Waals surface area contributed by atoms with Gasteiger partial charge in [0.05, 0.1) is 13.2 Å². The highest BCUT2D eigenvalue weighted by atomic mass is 28.2. The first kappa shape index (κ1) is 13.0. The third kappa shape index (κ3) is 3.53. The quantitative estimate of drug-likeness (QED) is 0.583. The van der Waals surface area contributed by atoms with E-state index in [0.717, 1.165) is 10.5 Å². The van der Waals surface area contributed by atoms with E-state index in [1.165, 1.54) is 11.1 Å². The van der Waals surface area contributed by atoms with Crippen LogP contribution in [-0.2, 0) is 9.16 Å². The van der Waals surface area contributed by atoms with Crippen molar-refractivity contribution >= 4 is 10.5 Å². The van der Waals surface area contributed by atoms with Gasteiger partial charge in [-0.15, -0.1) is 0 Å². The summed E-state index contributed by atoms with van der Waals surface area (Å²) in [7, 11) is 0.759. The Morgan fingerprint density at radius 3 is 1.72 bits per heavy atom. The van der Waals surface area contributed by atoms with Crippen molar-refractivity contribution in [3.05, 3.63) is 71.8 Å². The summed E-state index contributed by atoms with van der Waals surface area (Å²) in [6.07, 6.45) is -0.00998. The van der Waals surface area contributed by atoms with Gasteiger partial charge in [0.25, 0.3) is 0 Å². The number of rotatable bonds is 6. The summed E-state index contributed by atoms with van der Waals surface area (Å²) >= 11 is 0. The fourth-order valence-corrected chi connectivity index (χ4v) is 2.06. The summed E-state index contributed by atoms with van der Waals surface area (Å²) < 4.78 is 11.1. The van der Waals surface area contributed by atoms with Crippen LogP contribution in [0.4, 0.5) is 0 Å². The van der Waals surface area contributed by atoms with Crippen molar-refractivity contribution in [2.45, 2.75) is 6.10 Å². The molecule has 0 aliphatic rings. The van der Waals surface area contributed by atoms with Gasteiger partial charge in [-0.05, 0) is 11.1 Å². The smallest absolute Gasteiger partial charge is 0.146 e. The molecule has 2 nitrogen and oxygen atoms in total. The largest absolute Gasteiger partial charge is 0.426 e. The Bertz CT molecular complexity index is 405. The molecule has 0 radical (unpaired) electrons. The van der Waals surface area contributed by atoms with Crippen LogP contribution in [0.5, 0.6) is 0 Å². The van der Waals surface area contributed by atoms with Crippen LogP contribution >= 0.6 is 0 Å². The van der Waals surface area contributed by atoms with Gasteiger partial charge < -0.3 is 9.16 Å². The molecular formula is C15H18O2Si. The molecule has 0 saturated heterocycles. The van der Waals surface area contributed by atoms with Crippen molar-refractivity contribution in [1.82, 2.24) is 0 Å². The molecule has 0 unspecified atom stereocenters. The molecule has 0 aliphatic heterocycles. The van der Waals surface area contributed by atoms with E-state index in [0.29, 0.717) is 13.2 Å². The van der Waals surface area contributed by atoms with Crippen LogP contribution in [0.3, 0.4) is 0 Å². The van der Waals surface area contributed by atoms with Gasteiger partial charge in [-0.1, -0.05) is 60.7 Å². The molecule has 0 saturated carbocycles. The average Bonchev–Trinajstić information content (AvgIpc) is 2.46. The fourth-order valence-electron chi connectivity index (χ4n) is 1.89. The summed E-state index contributed by atoms with van der Waals surface area (Å²) in [5, 5.41) is 0. The lowest BCUT2D eigenvalue weighted by atomic mass is 10.0. The first-order valence-electron chi connectivity index (χ1n) is 6.12. The van der Waals surface area contributed by atoms with Gasteiger partial charge in [0.1, 0.15) is 16.6 Å². The molecular weight excluding hydrogens is 240 g/mol. The zero-order valence-electron chi connectivity index (χ0n) is 10.6. The highest BCUT2D eigenvalue weighted by Crippen LogP contribution is 2.25. The molecule has 94 valence electrons. The Kier molecular flexibility index (Phi) is 5.14. The predicted molar refractivity (Wildman–Crippen MR) is 76.6 cm³/mol. The Balaban J connectivity index is 2.18. The van der Waals surface area contributed by atoms with Gasteiger partial charge in [0, 0.05) is 0 Å². The summed E-state index contributed by atoms with van der Waals surface area (Å²) in [5.41, 5.74) is 2.36. The normalized spacial score (nSPS) is 10.9. The summed E-state index contributed by atoms with van der Waals surface area (Å²) in [6.45, 7) is 1.29. The zero-order chi connectivity index (χ0) is 12.6. The van der Waals surface area contributed by atoms with Crippen molar-refractivity contribution in [1.29, 1.82) is 0 Å². The van der Waals surface area contributed by atoms with Crippen molar-refractivity contribution in [2.75, 3.05) is 13.2 Å². The Morgan fingerprint density at radius 1 is 0.778 bits per heavy atom. The maximum Gasteiger partial charge on any atom is 0.146 e. The molecule has 0 spiro atoms. The summed E-state index contributed by atoms with van der Waals surface area (Å²) in [6, 6.07) is 20.6. The Morgan fingerprint density at radius 2 is 1.28 bits per heavy atom. The highest BCUT2D eigenvalue weighted by Gasteiger charge is 2.13. The number of benzene rings is 2.